The van der Waals surface area contributed by atoms with Gasteiger partial charge in [-0.1, -0.05) is 18.8 Å². The molecular weight excluding hydrogens is 394 g/mol. The van der Waals surface area contributed by atoms with Gasteiger partial charge < -0.3 is 20.6 Å². The number of rotatable bonds is 7. The predicted molar refractivity (Wildman–Crippen MR) is 120 cm³/mol. The van der Waals surface area contributed by atoms with Gasteiger partial charge in [-0.15, -0.1) is 0 Å². The lowest BCUT2D eigenvalue weighted by atomic mass is 9.81. The number of likely N-dealkylation sites (tertiary alicyclic amines) is 1. The minimum atomic E-state index is -0.462. The zero-order chi connectivity index (χ0) is 22.2. The number of piperidine rings is 1. The average molecular weight is 428 g/mol. The van der Waals surface area contributed by atoms with Gasteiger partial charge >= 0.3 is 0 Å². The fraction of sp³-hybridized carbons (Fsp3) is 0.652. The molecule has 0 unspecified atom stereocenters. The van der Waals surface area contributed by atoms with Crippen molar-refractivity contribution >= 4 is 23.5 Å². The van der Waals surface area contributed by atoms with Crippen LogP contribution in [0.15, 0.2) is 6.20 Å². The van der Waals surface area contributed by atoms with Crippen molar-refractivity contribution in [3.05, 3.63) is 11.8 Å². The summed E-state index contributed by atoms with van der Waals surface area (Å²) in [5.74, 6) is 6.68. The number of nitrogens with one attached hydrogen (secondary N) is 2. The largest absolute Gasteiger partial charge is 0.387 e. The highest BCUT2D eigenvalue weighted by Gasteiger charge is 2.28. The molecule has 8 nitrogen and oxygen atoms in total. The molecule has 1 saturated heterocycles. The van der Waals surface area contributed by atoms with Crippen LogP contribution in [0.4, 0.5) is 11.8 Å². The number of aliphatic hydroxyl groups is 1. The number of ketones is 1. The van der Waals surface area contributed by atoms with E-state index in [-0.39, 0.29) is 29.7 Å². The molecule has 1 saturated carbocycles. The minimum Gasteiger partial charge on any atom is -0.387 e. The number of Topliss-reactive ketones (excluding diaryl/α,β-unsaturated/α-hetero) is 1. The van der Waals surface area contributed by atoms with Gasteiger partial charge in [-0.3, -0.25) is 9.59 Å². The molecule has 1 aliphatic carbocycles. The van der Waals surface area contributed by atoms with Gasteiger partial charge in [0.05, 0.1) is 0 Å². The summed E-state index contributed by atoms with van der Waals surface area (Å²) in [5.41, 5.74) is 0.954. The topological polar surface area (TPSA) is 107 Å². The molecule has 1 aromatic heterocycles. The third-order valence-corrected chi connectivity index (χ3v) is 6.16. The van der Waals surface area contributed by atoms with Crippen LogP contribution in [0, 0.1) is 24.7 Å². The lowest BCUT2D eigenvalue weighted by Gasteiger charge is -2.33. The molecule has 2 fully saturated rings. The maximum Gasteiger partial charge on any atom is 0.248 e. The van der Waals surface area contributed by atoms with E-state index in [1.54, 1.807) is 18.0 Å². The van der Waals surface area contributed by atoms with Crippen LogP contribution in [0.25, 0.3) is 0 Å². The Morgan fingerprint density at radius 1 is 1.23 bits per heavy atom. The molecule has 2 aliphatic rings. The van der Waals surface area contributed by atoms with Crippen LogP contribution in [0.5, 0.6) is 0 Å². The molecule has 1 aliphatic heterocycles. The Bertz CT molecular complexity index is 847. The van der Waals surface area contributed by atoms with Gasteiger partial charge in [-0.05, 0) is 51.4 Å². The third-order valence-electron chi connectivity index (χ3n) is 6.16. The van der Waals surface area contributed by atoms with E-state index in [0.717, 1.165) is 49.9 Å². The van der Waals surface area contributed by atoms with Crippen molar-refractivity contribution in [2.75, 3.05) is 30.3 Å². The number of aromatic nitrogens is 2. The summed E-state index contributed by atoms with van der Waals surface area (Å²) >= 11 is 0. The first-order valence-corrected chi connectivity index (χ1v) is 11.2. The van der Waals surface area contributed by atoms with Crippen LogP contribution >= 0.6 is 0 Å². The summed E-state index contributed by atoms with van der Waals surface area (Å²) < 4.78 is 0. The Morgan fingerprint density at radius 3 is 2.81 bits per heavy atom. The molecule has 1 aromatic rings. The normalized spacial score (nSPS) is 23.5. The number of carbonyl (C=O) groups excluding carboxylic acids is 2. The number of aryl methyl sites for hydroxylation is 1. The number of anilines is 2. The molecule has 0 spiro atoms. The quantitative estimate of drug-likeness (QED) is 0.452. The standard InChI is InChI=1S/C23H33N5O3/c1-3-7-19(30)12-17-8-4-5-10-20(17)26-22-16(2)13-24-23(27-22)25-18-9-6-11-28(14-18)21(31)15-29/h13,17-18,20,29H,4-6,8-12,14-15H2,1-2H3,(H2,24,25,26,27)/t17-,18-,20+/m0/s1. The highest BCUT2D eigenvalue weighted by Crippen LogP contribution is 2.30. The van der Waals surface area contributed by atoms with Crippen molar-refractivity contribution in [2.45, 2.75) is 70.9 Å². The molecule has 3 rings (SSSR count). The summed E-state index contributed by atoms with van der Waals surface area (Å²) in [6.07, 6.45) is 8.35. The lowest BCUT2D eigenvalue weighted by molar-refractivity contribution is -0.135. The highest BCUT2D eigenvalue weighted by atomic mass is 16.3. The van der Waals surface area contributed by atoms with E-state index in [0.29, 0.717) is 25.5 Å². The maximum atomic E-state index is 12.1. The first kappa shape index (κ1) is 23.0. The molecule has 3 N–H and O–H groups in total. The minimum absolute atomic E-state index is 0.00208. The first-order valence-electron chi connectivity index (χ1n) is 11.2. The third kappa shape index (κ3) is 6.41. The van der Waals surface area contributed by atoms with Gasteiger partial charge in [0.25, 0.3) is 0 Å². The van der Waals surface area contributed by atoms with Crippen molar-refractivity contribution < 1.29 is 14.7 Å². The van der Waals surface area contributed by atoms with Crippen LogP contribution in [-0.2, 0) is 9.59 Å². The fourth-order valence-electron chi connectivity index (χ4n) is 4.51. The number of carbonyl (C=O) groups is 2. The van der Waals surface area contributed by atoms with E-state index < -0.39 is 6.61 Å². The van der Waals surface area contributed by atoms with Gasteiger partial charge in [-0.2, -0.15) is 4.98 Å². The SMILES string of the molecule is CC#CC(=O)C[C@@H]1CCCC[C@H]1Nc1nc(N[C@H]2CCCN(C(=O)CO)C2)ncc1C. The summed E-state index contributed by atoms with van der Waals surface area (Å²) in [5, 5.41) is 16.0. The highest BCUT2D eigenvalue weighted by molar-refractivity contribution is 5.95. The van der Waals surface area contributed by atoms with Crippen molar-refractivity contribution in [3.63, 3.8) is 0 Å². The Balaban J connectivity index is 1.66. The Hall–Kier alpha value is -2.66. The second-order valence-corrected chi connectivity index (χ2v) is 8.50. The molecule has 0 bridgehead atoms. The van der Waals surface area contributed by atoms with E-state index in [1.807, 2.05) is 6.92 Å². The smallest absolute Gasteiger partial charge is 0.248 e. The summed E-state index contributed by atoms with van der Waals surface area (Å²) in [6, 6.07) is 0.234. The zero-order valence-corrected chi connectivity index (χ0v) is 18.5. The van der Waals surface area contributed by atoms with Crippen molar-refractivity contribution in [1.82, 2.24) is 14.9 Å². The molecular formula is C23H33N5O3. The Morgan fingerprint density at radius 2 is 2.03 bits per heavy atom. The molecule has 2 heterocycles. The summed E-state index contributed by atoms with van der Waals surface area (Å²) in [6.45, 7) is 4.41. The summed E-state index contributed by atoms with van der Waals surface area (Å²) in [7, 11) is 0. The number of hydrogen-bond acceptors (Lipinski definition) is 7. The van der Waals surface area contributed by atoms with Crippen LogP contribution in [0.2, 0.25) is 0 Å². The fourth-order valence-corrected chi connectivity index (χ4v) is 4.51. The van der Waals surface area contributed by atoms with Crippen LogP contribution < -0.4 is 10.6 Å². The number of amides is 1. The monoisotopic (exact) mass is 427 g/mol. The van der Waals surface area contributed by atoms with Gasteiger partial charge in [0.2, 0.25) is 17.6 Å². The van der Waals surface area contributed by atoms with Gasteiger partial charge in [0, 0.05) is 43.4 Å². The molecule has 1 amide bonds. The number of nitrogens with zero attached hydrogens (tertiary/aromatic N) is 3. The predicted octanol–water partition coefficient (Wildman–Crippen LogP) is 2.13. The van der Waals surface area contributed by atoms with Gasteiger partial charge in [-0.25, -0.2) is 4.98 Å². The van der Waals surface area contributed by atoms with E-state index >= 15 is 0 Å². The molecule has 8 heteroatoms. The van der Waals surface area contributed by atoms with E-state index in [4.69, 9.17) is 10.1 Å². The van der Waals surface area contributed by atoms with Crippen LogP contribution in [0.1, 0.15) is 57.4 Å². The molecule has 0 radical (unpaired) electrons. The van der Waals surface area contributed by atoms with Gasteiger partial charge in [0.15, 0.2) is 0 Å². The first-order chi connectivity index (χ1) is 15.0. The Labute approximate surface area is 184 Å². The van der Waals surface area contributed by atoms with Gasteiger partial charge in [0.1, 0.15) is 12.4 Å². The molecule has 168 valence electrons. The second kappa shape index (κ2) is 11.1. The molecule has 0 aromatic carbocycles. The summed E-state index contributed by atoms with van der Waals surface area (Å²) in [4.78, 5) is 34.7. The maximum absolute atomic E-state index is 12.1. The van der Waals surface area contributed by atoms with E-state index in [9.17, 15) is 9.59 Å². The second-order valence-electron chi connectivity index (χ2n) is 8.50. The number of aliphatic hydroxyl groups excluding tert-OH is 1. The molecule has 31 heavy (non-hydrogen) atoms. The number of hydrogen-bond donors (Lipinski definition) is 3. The Kier molecular flexibility index (Phi) is 8.24. The van der Waals surface area contributed by atoms with E-state index in [2.05, 4.69) is 27.5 Å². The van der Waals surface area contributed by atoms with Crippen molar-refractivity contribution in [1.29, 1.82) is 0 Å². The van der Waals surface area contributed by atoms with Crippen molar-refractivity contribution in [3.8, 4) is 11.8 Å². The van der Waals surface area contributed by atoms with Crippen molar-refractivity contribution in [2.24, 2.45) is 5.92 Å². The van der Waals surface area contributed by atoms with Crippen LogP contribution in [-0.4, -0.2) is 63.4 Å². The average Bonchev–Trinajstić information content (AvgIpc) is 2.77. The van der Waals surface area contributed by atoms with E-state index in [1.165, 1.54) is 0 Å². The lowest BCUT2D eigenvalue weighted by Crippen LogP contribution is -2.46. The van der Waals surface area contributed by atoms with Crippen LogP contribution in [0.3, 0.4) is 0 Å². The molecule has 3 atom stereocenters. The zero-order valence-electron chi connectivity index (χ0n) is 18.5.